The molecule has 3 rings (SSSR count). The van der Waals surface area contributed by atoms with Crippen LogP contribution in [0.4, 0.5) is 0 Å². The number of nitrogens with zero attached hydrogens (tertiary/aromatic N) is 3. The van der Waals surface area contributed by atoms with Crippen LogP contribution >= 0.6 is 0 Å². The first-order valence-corrected chi connectivity index (χ1v) is 6.70. The zero-order chi connectivity index (χ0) is 13.2. The lowest BCUT2D eigenvalue weighted by molar-refractivity contribution is 0.358. The van der Waals surface area contributed by atoms with Crippen molar-refractivity contribution in [2.75, 3.05) is 13.1 Å². The van der Waals surface area contributed by atoms with Crippen molar-refractivity contribution in [3.63, 3.8) is 0 Å². The minimum atomic E-state index is 0.428. The van der Waals surface area contributed by atoms with Gasteiger partial charge in [-0.2, -0.15) is 4.98 Å². The molecule has 1 aliphatic rings. The minimum absolute atomic E-state index is 0.428. The highest BCUT2D eigenvalue weighted by Crippen LogP contribution is 2.23. The van der Waals surface area contributed by atoms with Crippen LogP contribution in [-0.4, -0.2) is 28.2 Å². The van der Waals surface area contributed by atoms with Crippen molar-refractivity contribution in [3.05, 3.63) is 17.4 Å². The summed E-state index contributed by atoms with van der Waals surface area (Å²) in [6.07, 6.45) is 3.29. The largest absolute Gasteiger partial charge is 0.436 e. The molecular weight excluding hydrogens is 244 g/mol. The third-order valence-corrected chi connectivity index (χ3v) is 3.44. The van der Waals surface area contributed by atoms with Crippen molar-refractivity contribution in [2.24, 2.45) is 5.92 Å². The molecule has 2 aromatic heterocycles. The Kier molecular flexibility index (Phi) is 3.33. The first kappa shape index (κ1) is 12.3. The molecule has 3 heterocycles. The Hall–Kier alpha value is -1.69. The van der Waals surface area contributed by atoms with E-state index < -0.39 is 0 Å². The maximum absolute atomic E-state index is 5.48. The van der Waals surface area contributed by atoms with Gasteiger partial charge in [-0.3, -0.25) is 0 Å². The molecule has 0 amide bonds. The molecular formula is C13H18N4O2. The van der Waals surface area contributed by atoms with Crippen molar-refractivity contribution in [2.45, 2.75) is 33.1 Å². The van der Waals surface area contributed by atoms with Crippen LogP contribution in [0.2, 0.25) is 0 Å². The van der Waals surface area contributed by atoms with E-state index in [-0.39, 0.29) is 0 Å². The highest BCUT2D eigenvalue weighted by Gasteiger charge is 2.20. The van der Waals surface area contributed by atoms with E-state index in [2.05, 4.69) is 20.4 Å². The van der Waals surface area contributed by atoms with Gasteiger partial charge in [-0.25, -0.2) is 4.98 Å². The Morgan fingerprint density at radius 2 is 2.21 bits per heavy atom. The number of rotatable bonds is 3. The second-order valence-electron chi connectivity index (χ2n) is 5.08. The fourth-order valence-corrected chi connectivity index (χ4v) is 2.52. The highest BCUT2D eigenvalue weighted by atomic mass is 16.5. The van der Waals surface area contributed by atoms with Crippen molar-refractivity contribution >= 4 is 0 Å². The summed E-state index contributed by atoms with van der Waals surface area (Å²) in [5, 5.41) is 7.43. The average molecular weight is 262 g/mol. The summed E-state index contributed by atoms with van der Waals surface area (Å²) in [5.74, 6) is 2.97. The number of hydrogen-bond donors (Lipinski definition) is 1. The summed E-state index contributed by atoms with van der Waals surface area (Å²) < 4.78 is 10.8. The van der Waals surface area contributed by atoms with E-state index in [4.69, 9.17) is 8.94 Å². The van der Waals surface area contributed by atoms with Crippen LogP contribution in [0.1, 0.15) is 30.3 Å². The Morgan fingerprint density at radius 3 is 2.89 bits per heavy atom. The second kappa shape index (κ2) is 5.13. The van der Waals surface area contributed by atoms with E-state index >= 15 is 0 Å². The first-order valence-electron chi connectivity index (χ1n) is 6.70. The Labute approximate surface area is 111 Å². The summed E-state index contributed by atoms with van der Waals surface area (Å²) in [7, 11) is 0. The van der Waals surface area contributed by atoms with Gasteiger partial charge >= 0.3 is 0 Å². The van der Waals surface area contributed by atoms with Gasteiger partial charge in [-0.1, -0.05) is 5.16 Å². The van der Waals surface area contributed by atoms with E-state index in [0.717, 1.165) is 31.0 Å². The Morgan fingerprint density at radius 1 is 1.32 bits per heavy atom. The lowest BCUT2D eigenvalue weighted by atomic mass is 9.96. The van der Waals surface area contributed by atoms with Gasteiger partial charge in [-0.05, 0) is 38.8 Å². The third-order valence-electron chi connectivity index (χ3n) is 3.44. The Bertz CT molecular complexity index is 555. The first-order chi connectivity index (χ1) is 9.22. The van der Waals surface area contributed by atoms with E-state index in [1.165, 1.54) is 12.8 Å². The average Bonchev–Trinajstić information content (AvgIpc) is 2.97. The lowest BCUT2D eigenvalue weighted by Gasteiger charge is -2.20. The normalized spacial score (nSPS) is 19.8. The van der Waals surface area contributed by atoms with Crippen molar-refractivity contribution in [1.82, 2.24) is 20.4 Å². The van der Waals surface area contributed by atoms with E-state index in [9.17, 15) is 0 Å². The molecule has 2 aromatic rings. The molecule has 1 fully saturated rings. The summed E-state index contributed by atoms with van der Waals surface area (Å²) in [4.78, 5) is 8.62. The molecule has 1 saturated heterocycles. The minimum Gasteiger partial charge on any atom is -0.436 e. The third kappa shape index (κ3) is 2.68. The van der Waals surface area contributed by atoms with E-state index in [0.29, 0.717) is 23.5 Å². The van der Waals surface area contributed by atoms with Crippen LogP contribution in [0.15, 0.2) is 8.94 Å². The van der Waals surface area contributed by atoms with Crippen LogP contribution in [0.5, 0.6) is 0 Å². The Balaban J connectivity index is 1.74. The molecule has 6 heteroatoms. The number of nitrogens with one attached hydrogen (secondary N) is 1. The SMILES string of the molecule is Cc1nc(C)c(-c2nc(CC3CCCNC3)no2)o1. The number of oxazole rings is 1. The molecule has 102 valence electrons. The summed E-state index contributed by atoms with van der Waals surface area (Å²) in [6, 6.07) is 0. The molecule has 0 bridgehead atoms. The molecule has 1 N–H and O–H groups in total. The predicted octanol–water partition coefficient (Wildman–Crippen LogP) is 1.88. The molecule has 1 unspecified atom stereocenters. The summed E-state index contributed by atoms with van der Waals surface area (Å²) in [5.41, 5.74) is 0.784. The summed E-state index contributed by atoms with van der Waals surface area (Å²) >= 11 is 0. The van der Waals surface area contributed by atoms with Crippen LogP contribution in [0, 0.1) is 19.8 Å². The summed E-state index contributed by atoms with van der Waals surface area (Å²) in [6.45, 7) is 5.83. The fraction of sp³-hybridized carbons (Fsp3) is 0.615. The van der Waals surface area contributed by atoms with Gasteiger partial charge < -0.3 is 14.3 Å². The molecule has 6 nitrogen and oxygen atoms in total. The molecule has 19 heavy (non-hydrogen) atoms. The zero-order valence-corrected chi connectivity index (χ0v) is 11.3. The van der Waals surface area contributed by atoms with Gasteiger partial charge in [0.25, 0.3) is 5.89 Å². The molecule has 0 aromatic carbocycles. The van der Waals surface area contributed by atoms with Crippen molar-refractivity contribution in [3.8, 4) is 11.7 Å². The lowest BCUT2D eigenvalue weighted by Crippen LogP contribution is -2.31. The van der Waals surface area contributed by atoms with Crippen molar-refractivity contribution in [1.29, 1.82) is 0 Å². The standard InChI is InChI=1S/C13H18N4O2/c1-8-12(18-9(2)15-8)13-16-11(17-19-13)6-10-4-3-5-14-7-10/h10,14H,3-7H2,1-2H3. The quantitative estimate of drug-likeness (QED) is 0.910. The van der Waals surface area contributed by atoms with Gasteiger partial charge in [0.05, 0.1) is 5.69 Å². The van der Waals surface area contributed by atoms with Gasteiger partial charge in [0, 0.05) is 13.3 Å². The number of hydrogen-bond acceptors (Lipinski definition) is 6. The molecule has 1 atom stereocenters. The number of aromatic nitrogens is 3. The molecule has 0 spiro atoms. The maximum atomic E-state index is 5.48. The maximum Gasteiger partial charge on any atom is 0.295 e. The van der Waals surface area contributed by atoms with E-state index in [1.807, 2.05) is 13.8 Å². The van der Waals surface area contributed by atoms with Crippen LogP contribution in [-0.2, 0) is 6.42 Å². The fourth-order valence-electron chi connectivity index (χ4n) is 2.52. The van der Waals surface area contributed by atoms with Crippen LogP contribution in [0.3, 0.4) is 0 Å². The van der Waals surface area contributed by atoms with Gasteiger partial charge in [0.15, 0.2) is 11.7 Å². The van der Waals surface area contributed by atoms with Crippen molar-refractivity contribution < 1.29 is 8.94 Å². The highest BCUT2D eigenvalue weighted by molar-refractivity contribution is 5.47. The topological polar surface area (TPSA) is 77.0 Å². The zero-order valence-electron chi connectivity index (χ0n) is 11.3. The molecule has 0 aliphatic carbocycles. The number of aryl methyl sites for hydroxylation is 2. The smallest absolute Gasteiger partial charge is 0.295 e. The molecule has 0 saturated carbocycles. The molecule has 0 radical (unpaired) electrons. The predicted molar refractivity (Wildman–Crippen MR) is 68.6 cm³/mol. The number of piperidine rings is 1. The monoisotopic (exact) mass is 262 g/mol. The van der Waals surface area contributed by atoms with Crippen LogP contribution in [0.25, 0.3) is 11.7 Å². The molecule has 1 aliphatic heterocycles. The van der Waals surface area contributed by atoms with E-state index in [1.54, 1.807) is 0 Å². The van der Waals surface area contributed by atoms with Gasteiger partial charge in [0.1, 0.15) is 0 Å². The van der Waals surface area contributed by atoms with Crippen LogP contribution < -0.4 is 5.32 Å². The van der Waals surface area contributed by atoms with Gasteiger partial charge in [0.2, 0.25) is 5.76 Å². The second-order valence-corrected chi connectivity index (χ2v) is 5.08. The van der Waals surface area contributed by atoms with Gasteiger partial charge in [-0.15, -0.1) is 0 Å².